The second-order valence-corrected chi connectivity index (χ2v) is 9.13. The summed E-state index contributed by atoms with van der Waals surface area (Å²) in [7, 11) is 0. The summed E-state index contributed by atoms with van der Waals surface area (Å²) < 4.78 is 0. The molecule has 0 radical (unpaired) electrons. The maximum absolute atomic E-state index is 12.8. The summed E-state index contributed by atoms with van der Waals surface area (Å²) >= 11 is 0. The van der Waals surface area contributed by atoms with E-state index in [1.807, 2.05) is 4.90 Å². The zero-order valence-corrected chi connectivity index (χ0v) is 15.6. The predicted molar refractivity (Wildman–Crippen MR) is 97.2 cm³/mol. The van der Waals surface area contributed by atoms with Crippen molar-refractivity contribution in [1.82, 2.24) is 10.2 Å². The topological polar surface area (TPSA) is 61.8 Å². The minimum absolute atomic E-state index is 0.0528. The highest BCUT2D eigenvalue weighted by Gasteiger charge is 2.60. The van der Waals surface area contributed by atoms with Crippen molar-refractivity contribution < 1.29 is 9.59 Å². The molecule has 5 nitrogen and oxygen atoms in total. The monoisotopic (exact) mass is 345 g/mol. The van der Waals surface area contributed by atoms with Crippen LogP contribution in [0.1, 0.15) is 71.6 Å². The molecule has 4 aliphatic rings. The number of aliphatic imine (C=N–C) groups is 1. The summed E-state index contributed by atoms with van der Waals surface area (Å²) in [6.07, 6.45) is 9.42. The Balaban J connectivity index is 1.35. The zero-order chi connectivity index (χ0) is 17.7. The van der Waals surface area contributed by atoms with E-state index < -0.39 is 5.54 Å². The van der Waals surface area contributed by atoms with E-state index >= 15 is 0 Å². The van der Waals surface area contributed by atoms with Crippen LogP contribution in [0.2, 0.25) is 0 Å². The van der Waals surface area contributed by atoms with Crippen LogP contribution in [0.15, 0.2) is 4.99 Å². The van der Waals surface area contributed by atoms with Gasteiger partial charge in [0.25, 0.3) is 5.91 Å². The molecule has 25 heavy (non-hydrogen) atoms. The maximum Gasteiger partial charge on any atom is 0.253 e. The van der Waals surface area contributed by atoms with Crippen molar-refractivity contribution in [2.45, 2.75) is 77.2 Å². The standard InChI is InChI=1S/C20H31N3O2/c1-14(2)5-6-16-21-18(25)20(22-16)9-11-23(12-10-20)17(24)15-13-19(15)7-3-4-8-19/h14-15H,3-13H2,1-2H3,(H,21,22,25)/t15-/m1/s1. The summed E-state index contributed by atoms with van der Waals surface area (Å²) in [5.41, 5.74) is -0.239. The zero-order valence-electron chi connectivity index (χ0n) is 15.6. The van der Waals surface area contributed by atoms with Crippen molar-refractivity contribution in [3.8, 4) is 0 Å². The van der Waals surface area contributed by atoms with Crippen molar-refractivity contribution in [2.75, 3.05) is 13.1 Å². The first-order chi connectivity index (χ1) is 11.9. The third-order valence-electron chi connectivity index (χ3n) is 6.98. The molecule has 5 heteroatoms. The Hall–Kier alpha value is -1.39. The molecule has 0 aromatic heterocycles. The molecular weight excluding hydrogens is 314 g/mol. The molecule has 2 aliphatic heterocycles. The molecule has 0 bridgehead atoms. The highest BCUT2D eigenvalue weighted by atomic mass is 16.2. The quantitative estimate of drug-likeness (QED) is 0.851. The van der Waals surface area contributed by atoms with Crippen molar-refractivity contribution >= 4 is 17.6 Å². The van der Waals surface area contributed by atoms with Gasteiger partial charge in [-0.25, -0.2) is 0 Å². The van der Waals surface area contributed by atoms with Crippen LogP contribution >= 0.6 is 0 Å². The third-order valence-corrected chi connectivity index (χ3v) is 6.98. The smallest absolute Gasteiger partial charge is 0.253 e. The highest BCUT2D eigenvalue weighted by Crippen LogP contribution is 2.63. The summed E-state index contributed by atoms with van der Waals surface area (Å²) in [5.74, 6) is 2.13. The number of piperidine rings is 1. The van der Waals surface area contributed by atoms with Gasteiger partial charge in [0.2, 0.25) is 5.91 Å². The average Bonchev–Trinajstić information content (AvgIpc) is 2.92. The SMILES string of the molecule is CC(C)CCC1=NC2(CCN(C(=O)[C@H]3CC34CCCC4)CC2)C(=O)N1. The first-order valence-corrected chi connectivity index (χ1v) is 10.1. The molecule has 4 rings (SSSR count). The molecule has 2 aliphatic carbocycles. The fourth-order valence-corrected chi connectivity index (χ4v) is 5.11. The average molecular weight is 345 g/mol. The Bertz CT molecular complexity index is 596. The van der Waals surface area contributed by atoms with E-state index in [2.05, 4.69) is 19.2 Å². The predicted octanol–water partition coefficient (Wildman–Crippen LogP) is 2.89. The molecule has 1 saturated heterocycles. The maximum atomic E-state index is 12.8. The molecule has 0 aromatic carbocycles. The molecule has 0 aromatic rings. The largest absolute Gasteiger partial charge is 0.342 e. The fourth-order valence-electron chi connectivity index (χ4n) is 5.11. The van der Waals surface area contributed by atoms with Crippen molar-refractivity contribution in [2.24, 2.45) is 22.2 Å². The second kappa shape index (κ2) is 6.10. The van der Waals surface area contributed by atoms with Crippen LogP contribution in [-0.4, -0.2) is 41.2 Å². The number of carbonyl (C=O) groups excluding carboxylic acids is 2. The Labute approximate surface area is 150 Å². The molecule has 0 unspecified atom stereocenters. The normalized spacial score (nSPS) is 29.4. The van der Waals surface area contributed by atoms with Crippen LogP contribution in [0.4, 0.5) is 0 Å². The van der Waals surface area contributed by atoms with E-state index in [1.54, 1.807) is 0 Å². The summed E-state index contributed by atoms with van der Waals surface area (Å²) in [6.45, 7) is 5.73. The number of carbonyl (C=O) groups is 2. The van der Waals surface area contributed by atoms with Gasteiger partial charge in [-0.05, 0) is 49.9 Å². The van der Waals surface area contributed by atoms with Crippen LogP contribution < -0.4 is 5.32 Å². The van der Waals surface area contributed by atoms with Gasteiger partial charge in [-0.2, -0.15) is 0 Å². The second-order valence-electron chi connectivity index (χ2n) is 9.13. The number of likely N-dealkylation sites (tertiary alicyclic amines) is 1. The van der Waals surface area contributed by atoms with E-state index in [9.17, 15) is 9.59 Å². The van der Waals surface area contributed by atoms with Gasteiger partial charge in [0.15, 0.2) is 0 Å². The Morgan fingerprint density at radius 3 is 2.56 bits per heavy atom. The highest BCUT2D eigenvalue weighted by molar-refractivity contribution is 6.08. The molecule has 1 atom stereocenters. The van der Waals surface area contributed by atoms with E-state index in [0.717, 1.165) is 25.1 Å². The minimum atomic E-state index is -0.600. The van der Waals surface area contributed by atoms with Gasteiger partial charge in [0.1, 0.15) is 11.4 Å². The van der Waals surface area contributed by atoms with Crippen molar-refractivity contribution in [3.63, 3.8) is 0 Å². The van der Waals surface area contributed by atoms with E-state index in [0.29, 0.717) is 43.2 Å². The molecule has 2 spiro atoms. The van der Waals surface area contributed by atoms with Gasteiger partial charge in [0, 0.05) is 25.4 Å². The van der Waals surface area contributed by atoms with E-state index in [1.165, 1.54) is 25.7 Å². The lowest BCUT2D eigenvalue weighted by Crippen LogP contribution is -2.51. The van der Waals surface area contributed by atoms with Crippen LogP contribution in [0.25, 0.3) is 0 Å². The van der Waals surface area contributed by atoms with Gasteiger partial charge in [-0.3, -0.25) is 14.6 Å². The third kappa shape index (κ3) is 3.00. The number of amides is 2. The van der Waals surface area contributed by atoms with Crippen molar-refractivity contribution in [3.05, 3.63) is 0 Å². The number of amidine groups is 1. The van der Waals surface area contributed by atoms with Crippen LogP contribution in [0, 0.1) is 17.3 Å². The van der Waals surface area contributed by atoms with Crippen molar-refractivity contribution in [1.29, 1.82) is 0 Å². The molecule has 2 heterocycles. The molecule has 1 N–H and O–H groups in total. The van der Waals surface area contributed by atoms with Gasteiger partial charge in [0.05, 0.1) is 0 Å². The Morgan fingerprint density at radius 2 is 1.92 bits per heavy atom. The fraction of sp³-hybridized carbons (Fsp3) is 0.850. The van der Waals surface area contributed by atoms with Gasteiger partial charge >= 0.3 is 0 Å². The van der Waals surface area contributed by atoms with Crippen LogP contribution in [-0.2, 0) is 9.59 Å². The molecule has 2 saturated carbocycles. The van der Waals surface area contributed by atoms with Gasteiger partial charge < -0.3 is 10.2 Å². The summed E-state index contributed by atoms with van der Waals surface area (Å²) in [6, 6.07) is 0. The number of nitrogens with zero attached hydrogens (tertiary/aromatic N) is 2. The van der Waals surface area contributed by atoms with E-state index in [4.69, 9.17) is 4.99 Å². The van der Waals surface area contributed by atoms with Crippen LogP contribution in [0.5, 0.6) is 0 Å². The van der Waals surface area contributed by atoms with E-state index in [-0.39, 0.29) is 11.8 Å². The molecule has 138 valence electrons. The minimum Gasteiger partial charge on any atom is -0.342 e. The molecular formula is C20H31N3O2. The molecule has 3 fully saturated rings. The Morgan fingerprint density at radius 1 is 1.24 bits per heavy atom. The first kappa shape index (κ1) is 17.0. The number of rotatable bonds is 4. The number of hydrogen-bond donors (Lipinski definition) is 1. The first-order valence-electron chi connectivity index (χ1n) is 10.1. The van der Waals surface area contributed by atoms with Crippen LogP contribution in [0.3, 0.4) is 0 Å². The molecule has 2 amide bonds. The van der Waals surface area contributed by atoms with Gasteiger partial charge in [-0.15, -0.1) is 0 Å². The number of hydrogen-bond acceptors (Lipinski definition) is 3. The van der Waals surface area contributed by atoms with Gasteiger partial charge in [-0.1, -0.05) is 26.7 Å². The lowest BCUT2D eigenvalue weighted by molar-refractivity contribution is -0.137. The lowest BCUT2D eigenvalue weighted by Gasteiger charge is -2.36. The Kier molecular flexibility index (Phi) is 4.16. The lowest BCUT2D eigenvalue weighted by atomic mass is 9.87. The summed E-state index contributed by atoms with van der Waals surface area (Å²) in [4.78, 5) is 32.1. The number of nitrogens with one attached hydrogen (secondary N) is 1. The summed E-state index contributed by atoms with van der Waals surface area (Å²) in [5, 5.41) is 3.00.